The van der Waals surface area contributed by atoms with Crippen molar-refractivity contribution < 1.29 is 19.0 Å². The van der Waals surface area contributed by atoms with E-state index in [2.05, 4.69) is 15.5 Å². The second kappa shape index (κ2) is 10.2. The van der Waals surface area contributed by atoms with E-state index >= 15 is 0 Å². The van der Waals surface area contributed by atoms with E-state index in [4.69, 9.17) is 25.8 Å². The summed E-state index contributed by atoms with van der Waals surface area (Å²) < 4.78 is 18.1. The predicted octanol–water partition coefficient (Wildman–Crippen LogP) is 3.80. The molecule has 30 heavy (non-hydrogen) atoms. The smallest absolute Gasteiger partial charge is 0.234 e. The van der Waals surface area contributed by atoms with Gasteiger partial charge in [0.15, 0.2) is 22.5 Å². The molecule has 0 unspecified atom stereocenters. The number of nitrogens with one attached hydrogen (secondary N) is 1. The third-order valence-corrected chi connectivity index (χ3v) is 5.37. The number of halogens is 1. The number of amides is 1. The van der Waals surface area contributed by atoms with Gasteiger partial charge in [-0.15, -0.1) is 10.2 Å². The summed E-state index contributed by atoms with van der Waals surface area (Å²) in [4.78, 5) is 12.3. The molecule has 0 saturated carbocycles. The largest absolute Gasteiger partial charge is 0.495 e. The summed E-state index contributed by atoms with van der Waals surface area (Å²) in [5, 5.41) is 12.2. The summed E-state index contributed by atoms with van der Waals surface area (Å²) in [6, 6.07) is 12.4. The number of rotatable bonds is 9. The zero-order valence-electron chi connectivity index (χ0n) is 16.7. The average molecular weight is 449 g/mol. The molecule has 1 amide bonds. The number of methoxy groups -OCH3 is 2. The van der Waals surface area contributed by atoms with Crippen molar-refractivity contribution in [3.8, 4) is 17.2 Å². The highest BCUT2D eigenvalue weighted by Crippen LogP contribution is 2.29. The van der Waals surface area contributed by atoms with Crippen molar-refractivity contribution in [2.24, 2.45) is 7.05 Å². The van der Waals surface area contributed by atoms with Crippen molar-refractivity contribution in [3.63, 3.8) is 0 Å². The van der Waals surface area contributed by atoms with Gasteiger partial charge in [0.1, 0.15) is 12.4 Å². The van der Waals surface area contributed by atoms with Crippen molar-refractivity contribution in [1.29, 1.82) is 0 Å². The van der Waals surface area contributed by atoms with Crippen LogP contribution in [0.2, 0.25) is 5.02 Å². The van der Waals surface area contributed by atoms with Crippen LogP contribution in [0.3, 0.4) is 0 Å². The topological polar surface area (TPSA) is 87.5 Å². The summed E-state index contributed by atoms with van der Waals surface area (Å²) >= 11 is 7.26. The summed E-state index contributed by atoms with van der Waals surface area (Å²) in [5.74, 6) is 2.35. The molecule has 10 heteroatoms. The highest BCUT2D eigenvalue weighted by atomic mass is 35.5. The first-order chi connectivity index (χ1) is 14.5. The van der Waals surface area contributed by atoms with Gasteiger partial charge < -0.3 is 24.1 Å². The van der Waals surface area contributed by atoms with Crippen molar-refractivity contribution in [2.75, 3.05) is 25.3 Å². The maximum Gasteiger partial charge on any atom is 0.234 e. The number of hydrogen-bond acceptors (Lipinski definition) is 7. The second-order valence-electron chi connectivity index (χ2n) is 6.08. The Labute approximate surface area is 183 Å². The standard InChI is InChI=1S/C20H21ClN4O4S/c1-25-18(11-29-17-7-5-4-6-16(17)28-3)23-24-20(25)30-12-19(26)22-14-10-13(21)8-9-15(14)27-2/h4-10H,11-12H2,1-3H3,(H,22,26). The van der Waals surface area contributed by atoms with Gasteiger partial charge in [-0.25, -0.2) is 0 Å². The maximum absolute atomic E-state index is 12.3. The second-order valence-corrected chi connectivity index (χ2v) is 7.46. The number of aromatic nitrogens is 3. The van der Waals surface area contributed by atoms with E-state index in [9.17, 15) is 4.79 Å². The number of anilines is 1. The number of ether oxygens (including phenoxy) is 3. The Bertz CT molecular complexity index is 1030. The SMILES string of the molecule is COc1ccc(Cl)cc1NC(=O)CSc1nnc(COc2ccccc2OC)n1C. The number of benzene rings is 2. The highest BCUT2D eigenvalue weighted by molar-refractivity contribution is 7.99. The number of para-hydroxylation sites is 2. The maximum atomic E-state index is 12.3. The molecule has 1 N–H and O–H groups in total. The summed E-state index contributed by atoms with van der Waals surface area (Å²) in [7, 11) is 4.94. The van der Waals surface area contributed by atoms with Crippen LogP contribution in [0.25, 0.3) is 0 Å². The Morgan fingerprint density at radius 2 is 1.83 bits per heavy atom. The van der Waals surface area contributed by atoms with Crippen LogP contribution in [-0.4, -0.2) is 40.6 Å². The fourth-order valence-corrected chi connectivity index (χ4v) is 3.47. The molecule has 2 aromatic carbocycles. The molecule has 0 aliphatic rings. The van der Waals surface area contributed by atoms with Crippen LogP contribution < -0.4 is 19.5 Å². The molecule has 0 saturated heterocycles. The van der Waals surface area contributed by atoms with E-state index in [1.807, 2.05) is 31.3 Å². The van der Waals surface area contributed by atoms with Crippen molar-refractivity contribution in [3.05, 3.63) is 53.3 Å². The highest BCUT2D eigenvalue weighted by Gasteiger charge is 2.14. The van der Waals surface area contributed by atoms with E-state index in [0.717, 1.165) is 0 Å². The first-order valence-corrected chi connectivity index (χ1v) is 10.3. The van der Waals surface area contributed by atoms with E-state index in [-0.39, 0.29) is 18.3 Å². The van der Waals surface area contributed by atoms with Gasteiger partial charge in [-0.1, -0.05) is 35.5 Å². The summed E-state index contributed by atoms with van der Waals surface area (Å²) in [6.45, 7) is 0.219. The molecule has 158 valence electrons. The van der Waals surface area contributed by atoms with Gasteiger partial charge in [0.25, 0.3) is 0 Å². The fourth-order valence-electron chi connectivity index (χ4n) is 2.57. The normalized spacial score (nSPS) is 10.5. The molecule has 8 nitrogen and oxygen atoms in total. The third kappa shape index (κ3) is 5.37. The van der Waals surface area contributed by atoms with Crippen LogP contribution in [0.4, 0.5) is 5.69 Å². The van der Waals surface area contributed by atoms with Gasteiger partial charge >= 0.3 is 0 Å². The summed E-state index contributed by atoms with van der Waals surface area (Å²) in [5.41, 5.74) is 0.513. The molecule has 0 spiro atoms. The van der Waals surface area contributed by atoms with Crippen LogP contribution in [0, 0.1) is 0 Å². The minimum absolute atomic E-state index is 0.148. The molecule has 0 aliphatic carbocycles. The van der Waals surface area contributed by atoms with Crippen LogP contribution >= 0.6 is 23.4 Å². The van der Waals surface area contributed by atoms with Gasteiger partial charge in [-0.3, -0.25) is 4.79 Å². The fraction of sp³-hybridized carbons (Fsp3) is 0.250. The lowest BCUT2D eigenvalue weighted by molar-refractivity contribution is -0.113. The number of carbonyl (C=O) groups is 1. The molecular weight excluding hydrogens is 428 g/mol. The lowest BCUT2D eigenvalue weighted by Gasteiger charge is -2.11. The molecular formula is C20H21ClN4O4S. The molecule has 0 radical (unpaired) electrons. The van der Waals surface area contributed by atoms with E-state index in [1.54, 1.807) is 29.9 Å². The minimum Gasteiger partial charge on any atom is -0.495 e. The van der Waals surface area contributed by atoms with E-state index in [0.29, 0.717) is 38.9 Å². The Morgan fingerprint density at radius 3 is 2.57 bits per heavy atom. The van der Waals surface area contributed by atoms with Crippen LogP contribution in [0.15, 0.2) is 47.6 Å². The third-order valence-electron chi connectivity index (χ3n) is 4.12. The van der Waals surface area contributed by atoms with Gasteiger partial charge in [0.2, 0.25) is 5.91 Å². The van der Waals surface area contributed by atoms with Crippen molar-refractivity contribution in [2.45, 2.75) is 11.8 Å². The van der Waals surface area contributed by atoms with Gasteiger partial charge in [-0.05, 0) is 30.3 Å². The Balaban J connectivity index is 1.57. The molecule has 0 aliphatic heterocycles. The zero-order valence-corrected chi connectivity index (χ0v) is 18.3. The number of nitrogens with zero attached hydrogens (tertiary/aromatic N) is 3. The van der Waals surface area contributed by atoms with Crippen LogP contribution in [0.5, 0.6) is 17.2 Å². The van der Waals surface area contributed by atoms with E-state index < -0.39 is 0 Å². The number of hydrogen-bond donors (Lipinski definition) is 1. The first-order valence-electron chi connectivity index (χ1n) is 8.92. The molecule has 3 rings (SSSR count). The van der Waals surface area contributed by atoms with Crippen molar-refractivity contribution in [1.82, 2.24) is 14.8 Å². The molecule has 0 atom stereocenters. The molecule has 0 bridgehead atoms. The van der Waals surface area contributed by atoms with Crippen molar-refractivity contribution >= 4 is 35.0 Å². The quantitative estimate of drug-likeness (QED) is 0.498. The van der Waals surface area contributed by atoms with E-state index in [1.165, 1.54) is 18.9 Å². The first kappa shape index (κ1) is 21.8. The number of thioether (sulfide) groups is 1. The van der Waals surface area contributed by atoms with Gasteiger partial charge in [-0.2, -0.15) is 0 Å². The zero-order chi connectivity index (χ0) is 21.5. The predicted molar refractivity (Wildman–Crippen MR) is 116 cm³/mol. The lowest BCUT2D eigenvalue weighted by Crippen LogP contribution is -2.15. The monoisotopic (exact) mass is 448 g/mol. The Kier molecular flexibility index (Phi) is 7.42. The molecule has 1 heterocycles. The molecule has 1 aromatic heterocycles. The Hall–Kier alpha value is -2.91. The minimum atomic E-state index is -0.213. The lowest BCUT2D eigenvalue weighted by atomic mass is 10.3. The Morgan fingerprint density at radius 1 is 1.10 bits per heavy atom. The molecule has 3 aromatic rings. The summed E-state index contributed by atoms with van der Waals surface area (Å²) in [6.07, 6.45) is 0. The van der Waals surface area contributed by atoms with Gasteiger partial charge in [0, 0.05) is 12.1 Å². The van der Waals surface area contributed by atoms with Gasteiger partial charge in [0.05, 0.1) is 25.7 Å². The molecule has 0 fully saturated rings. The van der Waals surface area contributed by atoms with Crippen LogP contribution in [-0.2, 0) is 18.4 Å². The average Bonchev–Trinajstić information content (AvgIpc) is 3.10. The number of carbonyl (C=O) groups excluding carboxylic acids is 1. The van der Waals surface area contributed by atoms with Crippen LogP contribution in [0.1, 0.15) is 5.82 Å².